The predicted octanol–water partition coefficient (Wildman–Crippen LogP) is 11.5. The molecule has 0 aliphatic carbocycles. The van der Waals surface area contributed by atoms with Crippen molar-refractivity contribution >= 4 is 25.3 Å². The Labute approximate surface area is 293 Å². The Morgan fingerprint density at radius 2 is 1.16 bits per heavy atom. The molecule has 4 heteroatoms. The van der Waals surface area contributed by atoms with Crippen LogP contribution >= 0.6 is 8.58 Å². The van der Waals surface area contributed by atoms with E-state index in [0.29, 0.717) is 27.3 Å². The zero-order valence-electron chi connectivity index (χ0n) is 28.4. The second-order valence-corrected chi connectivity index (χ2v) is 14.6. The Morgan fingerprint density at radius 3 is 1.71 bits per heavy atom. The van der Waals surface area contributed by atoms with E-state index in [9.17, 15) is 5.11 Å². The van der Waals surface area contributed by atoms with Crippen molar-refractivity contribution in [1.82, 2.24) is 0 Å². The van der Waals surface area contributed by atoms with E-state index in [0.717, 1.165) is 59.1 Å². The molecule has 0 spiro atoms. The van der Waals surface area contributed by atoms with Gasteiger partial charge in [-0.05, 0) is 88.8 Å². The lowest BCUT2D eigenvalue weighted by Crippen LogP contribution is -2.26. The molecule has 0 radical (unpaired) electrons. The first-order valence-corrected chi connectivity index (χ1v) is 18.4. The zero-order chi connectivity index (χ0) is 34.1. The Bertz CT molecular complexity index is 1890. The quantitative estimate of drug-likeness (QED) is 0.117. The molecule has 0 amide bonds. The lowest BCUT2D eigenvalue weighted by atomic mass is 9.85. The maximum absolute atomic E-state index is 15.1. The fourth-order valence-electron chi connectivity index (χ4n) is 6.95. The van der Waals surface area contributed by atoms with Crippen molar-refractivity contribution in [2.24, 2.45) is 0 Å². The number of halogens is 1. The average molecular weight is 666 g/mol. The van der Waals surface area contributed by atoms with Crippen molar-refractivity contribution in [2.75, 3.05) is 4.90 Å². The van der Waals surface area contributed by atoms with E-state index < -0.39 is 0 Å². The number of para-hydroxylation sites is 2. The minimum Gasteiger partial charge on any atom is -0.507 e. The van der Waals surface area contributed by atoms with Gasteiger partial charge in [-0.15, -0.1) is 0 Å². The second-order valence-electron chi connectivity index (χ2n) is 12.8. The number of phenolic OH excluding ortho intramolecular Hbond substituents is 1. The number of nitrogens with zero attached hydrogens (tertiary/aromatic N) is 1. The molecular formula is C45H45FNOP. The Hall–Kier alpha value is -4.72. The maximum atomic E-state index is 15.1. The first-order chi connectivity index (χ1) is 24.0. The van der Waals surface area contributed by atoms with Gasteiger partial charge in [0.25, 0.3) is 0 Å². The number of phenols is 1. The summed E-state index contributed by atoms with van der Waals surface area (Å²) in [5.41, 5.74) is 8.64. The number of benzene rings is 6. The van der Waals surface area contributed by atoms with Gasteiger partial charge in [0.2, 0.25) is 0 Å². The van der Waals surface area contributed by atoms with Gasteiger partial charge < -0.3 is 10.0 Å². The van der Waals surface area contributed by atoms with Gasteiger partial charge in [-0.3, -0.25) is 0 Å². The highest BCUT2D eigenvalue weighted by atomic mass is 31.1. The lowest BCUT2D eigenvalue weighted by Gasteiger charge is -2.36. The molecule has 6 rings (SSSR count). The summed E-state index contributed by atoms with van der Waals surface area (Å²) >= 11 is 0. The summed E-state index contributed by atoms with van der Waals surface area (Å²) in [5, 5.41) is 13.0. The molecule has 0 aliphatic rings. The number of hydrogen-bond acceptors (Lipinski definition) is 2. The molecule has 6 aromatic carbocycles. The SMILES string of the molecule is CCCC(CC)(Pc1ccc(F)cc1CN(c1ccccc1)c1ccccc1)c1cc(Cc2ccccc2)cc(Cc2ccccc2)c1O. The molecule has 0 saturated carbocycles. The van der Waals surface area contributed by atoms with E-state index in [1.54, 1.807) is 12.1 Å². The standard InChI is InChI=1S/C45H45FNOP/c1-3-27-45(4-2,42-31-36(28-34-17-9-5-10-18-34)30-37(44(42)48)29-35-19-11-6-12-20-35)49-43-26-25-39(46)32-38(43)33-47(40-21-13-7-14-22-40)41-23-15-8-16-24-41/h5-26,30-32,48-49H,3-4,27-29,33H2,1-2H3. The summed E-state index contributed by atoms with van der Waals surface area (Å²) in [4.78, 5) is 2.26. The van der Waals surface area contributed by atoms with Crippen LogP contribution in [0.3, 0.4) is 0 Å². The first-order valence-electron chi connectivity index (χ1n) is 17.4. The number of hydrogen-bond donors (Lipinski definition) is 1. The van der Waals surface area contributed by atoms with Gasteiger partial charge in [0, 0.05) is 35.1 Å². The van der Waals surface area contributed by atoms with E-state index in [4.69, 9.17) is 0 Å². The third kappa shape index (κ3) is 8.30. The molecule has 1 N–H and O–H groups in total. The minimum atomic E-state index is -0.326. The van der Waals surface area contributed by atoms with Gasteiger partial charge in [-0.1, -0.05) is 144 Å². The average Bonchev–Trinajstić information content (AvgIpc) is 3.14. The molecule has 6 aromatic rings. The Balaban J connectivity index is 1.45. The van der Waals surface area contributed by atoms with Crippen LogP contribution in [-0.2, 0) is 24.5 Å². The van der Waals surface area contributed by atoms with Gasteiger partial charge >= 0.3 is 0 Å². The number of anilines is 2. The molecule has 248 valence electrons. The number of rotatable bonds is 14. The van der Waals surface area contributed by atoms with E-state index in [1.165, 1.54) is 16.7 Å². The maximum Gasteiger partial charge on any atom is 0.123 e. The fourth-order valence-corrected chi connectivity index (χ4v) is 8.82. The van der Waals surface area contributed by atoms with Crippen molar-refractivity contribution in [2.45, 2.75) is 57.7 Å². The minimum absolute atomic E-state index is 0.236. The van der Waals surface area contributed by atoms with Crippen molar-refractivity contribution in [1.29, 1.82) is 0 Å². The van der Waals surface area contributed by atoms with Crippen LogP contribution in [-0.4, -0.2) is 5.11 Å². The highest BCUT2D eigenvalue weighted by Crippen LogP contribution is 2.52. The van der Waals surface area contributed by atoms with Gasteiger partial charge in [0.1, 0.15) is 11.6 Å². The van der Waals surface area contributed by atoms with Crippen molar-refractivity contribution in [3.05, 3.63) is 191 Å². The molecule has 0 fully saturated rings. The second kappa shape index (κ2) is 16.1. The largest absolute Gasteiger partial charge is 0.507 e. The highest BCUT2D eigenvalue weighted by molar-refractivity contribution is 7.48. The predicted molar refractivity (Wildman–Crippen MR) is 207 cm³/mol. The third-order valence-corrected chi connectivity index (χ3v) is 11.5. The monoisotopic (exact) mass is 665 g/mol. The zero-order valence-corrected chi connectivity index (χ0v) is 29.4. The van der Waals surface area contributed by atoms with E-state index in [-0.39, 0.29) is 11.0 Å². The van der Waals surface area contributed by atoms with E-state index in [2.05, 4.69) is 104 Å². The van der Waals surface area contributed by atoms with Crippen LogP contribution in [0.1, 0.15) is 66.5 Å². The van der Waals surface area contributed by atoms with Crippen molar-refractivity contribution < 1.29 is 9.50 Å². The van der Waals surface area contributed by atoms with Gasteiger partial charge in [0.05, 0.1) is 0 Å². The van der Waals surface area contributed by atoms with E-state index >= 15 is 4.39 Å². The summed E-state index contributed by atoms with van der Waals surface area (Å²) in [6.07, 6.45) is 4.17. The summed E-state index contributed by atoms with van der Waals surface area (Å²) in [5.74, 6) is 0.155. The third-order valence-electron chi connectivity index (χ3n) is 9.44. The molecule has 0 bridgehead atoms. The highest BCUT2D eigenvalue weighted by Gasteiger charge is 2.35. The van der Waals surface area contributed by atoms with Crippen LogP contribution in [0.25, 0.3) is 0 Å². The number of aromatic hydroxyl groups is 1. The van der Waals surface area contributed by atoms with Gasteiger partial charge in [-0.2, -0.15) is 0 Å². The molecule has 0 aliphatic heterocycles. The molecule has 2 nitrogen and oxygen atoms in total. The lowest BCUT2D eigenvalue weighted by molar-refractivity contribution is 0.437. The fraction of sp³-hybridized carbons (Fsp3) is 0.200. The van der Waals surface area contributed by atoms with Crippen LogP contribution in [0.5, 0.6) is 5.75 Å². The van der Waals surface area contributed by atoms with Gasteiger partial charge in [-0.25, -0.2) is 4.39 Å². The van der Waals surface area contributed by atoms with Crippen LogP contribution in [0.15, 0.2) is 152 Å². The molecule has 0 aromatic heterocycles. The van der Waals surface area contributed by atoms with Crippen LogP contribution in [0, 0.1) is 5.82 Å². The summed E-state index contributed by atoms with van der Waals surface area (Å²) in [7, 11) is 0.332. The molecular weight excluding hydrogens is 620 g/mol. The van der Waals surface area contributed by atoms with Crippen molar-refractivity contribution in [3.8, 4) is 5.75 Å². The summed E-state index contributed by atoms with van der Waals surface area (Å²) in [6.45, 7) is 4.99. The van der Waals surface area contributed by atoms with E-state index in [1.807, 2.05) is 54.6 Å². The smallest absolute Gasteiger partial charge is 0.123 e. The normalized spacial score (nSPS) is 12.6. The Kier molecular flexibility index (Phi) is 11.2. The molecule has 0 heterocycles. The topological polar surface area (TPSA) is 23.5 Å². The van der Waals surface area contributed by atoms with Crippen LogP contribution < -0.4 is 10.2 Å². The summed E-state index contributed by atoms with van der Waals surface area (Å²) < 4.78 is 15.1. The first kappa shape index (κ1) is 34.2. The molecule has 2 atom stereocenters. The molecule has 0 saturated heterocycles. The molecule has 2 unspecified atom stereocenters. The summed E-state index contributed by atoms with van der Waals surface area (Å²) in [6, 6.07) is 51.3. The van der Waals surface area contributed by atoms with Crippen LogP contribution in [0.4, 0.5) is 15.8 Å². The van der Waals surface area contributed by atoms with Crippen molar-refractivity contribution in [3.63, 3.8) is 0 Å². The van der Waals surface area contributed by atoms with Gasteiger partial charge in [0.15, 0.2) is 0 Å². The molecule has 49 heavy (non-hydrogen) atoms. The Morgan fingerprint density at radius 1 is 0.612 bits per heavy atom. The van der Waals surface area contributed by atoms with Crippen LogP contribution in [0.2, 0.25) is 0 Å².